The van der Waals surface area contributed by atoms with Gasteiger partial charge in [-0.1, -0.05) is 32.0 Å². The predicted octanol–water partition coefficient (Wildman–Crippen LogP) is 3.02. The van der Waals surface area contributed by atoms with Crippen LogP contribution in [-0.4, -0.2) is 11.2 Å². The molecule has 0 amide bonds. The zero-order chi connectivity index (χ0) is 11.3. The van der Waals surface area contributed by atoms with E-state index in [1.807, 2.05) is 30.3 Å². The van der Waals surface area contributed by atoms with E-state index in [1.165, 1.54) is 0 Å². The molecule has 15 heavy (non-hydrogen) atoms. The van der Waals surface area contributed by atoms with Crippen LogP contribution >= 0.6 is 12.2 Å². The summed E-state index contributed by atoms with van der Waals surface area (Å²) in [6.07, 6.45) is 0. The number of para-hydroxylation sites is 1. The van der Waals surface area contributed by atoms with E-state index in [2.05, 4.69) is 31.4 Å². The summed E-state index contributed by atoms with van der Waals surface area (Å²) in [6.45, 7) is 6.47. The average molecular weight is 222 g/mol. The maximum Gasteiger partial charge on any atom is 0.170 e. The number of benzene rings is 1. The molecule has 0 fully saturated rings. The SMILES string of the molecule is CC(C)C(C)NC(=S)Nc1ccccc1. The van der Waals surface area contributed by atoms with E-state index in [0.717, 1.165) is 5.69 Å². The van der Waals surface area contributed by atoms with Crippen molar-refractivity contribution in [1.29, 1.82) is 0 Å². The Kier molecular flexibility index (Phi) is 4.56. The fraction of sp³-hybridized carbons (Fsp3) is 0.417. The third-order valence-electron chi connectivity index (χ3n) is 2.39. The van der Waals surface area contributed by atoms with Gasteiger partial charge in [-0.25, -0.2) is 0 Å². The highest BCUT2D eigenvalue weighted by molar-refractivity contribution is 7.80. The second-order valence-electron chi connectivity index (χ2n) is 4.00. The number of thiocarbonyl (C=S) groups is 1. The van der Waals surface area contributed by atoms with E-state index in [9.17, 15) is 0 Å². The molecule has 2 N–H and O–H groups in total. The molecule has 0 aliphatic rings. The van der Waals surface area contributed by atoms with Gasteiger partial charge in [-0.05, 0) is 37.2 Å². The summed E-state index contributed by atoms with van der Waals surface area (Å²) in [5, 5.41) is 7.08. The first-order valence-electron chi connectivity index (χ1n) is 5.22. The summed E-state index contributed by atoms with van der Waals surface area (Å²) in [7, 11) is 0. The molecule has 0 saturated heterocycles. The zero-order valence-corrected chi connectivity index (χ0v) is 10.3. The Hall–Kier alpha value is -1.09. The molecule has 1 atom stereocenters. The van der Waals surface area contributed by atoms with Crippen LogP contribution in [0.15, 0.2) is 30.3 Å². The second-order valence-corrected chi connectivity index (χ2v) is 4.41. The first-order chi connectivity index (χ1) is 7.09. The number of rotatable bonds is 3. The standard InChI is InChI=1S/C12H18N2S/c1-9(2)10(3)13-12(15)14-11-7-5-4-6-8-11/h4-10H,1-3H3,(H2,13,14,15). The van der Waals surface area contributed by atoms with Crippen LogP contribution in [0.3, 0.4) is 0 Å². The van der Waals surface area contributed by atoms with Crippen molar-refractivity contribution in [3.63, 3.8) is 0 Å². The molecular formula is C12H18N2S. The van der Waals surface area contributed by atoms with Crippen LogP contribution in [0.2, 0.25) is 0 Å². The number of hydrogen-bond donors (Lipinski definition) is 2. The van der Waals surface area contributed by atoms with Gasteiger partial charge >= 0.3 is 0 Å². The first kappa shape index (κ1) is 12.0. The molecular weight excluding hydrogens is 204 g/mol. The minimum atomic E-state index is 0.383. The Morgan fingerprint density at radius 1 is 1.13 bits per heavy atom. The third kappa shape index (κ3) is 4.30. The first-order valence-corrected chi connectivity index (χ1v) is 5.63. The maximum atomic E-state index is 5.21. The molecule has 3 heteroatoms. The summed E-state index contributed by atoms with van der Waals surface area (Å²) in [5.41, 5.74) is 1.02. The van der Waals surface area contributed by atoms with Crippen LogP contribution in [0.4, 0.5) is 5.69 Å². The van der Waals surface area contributed by atoms with Gasteiger partial charge in [0, 0.05) is 11.7 Å². The van der Waals surface area contributed by atoms with Crippen LogP contribution in [0.1, 0.15) is 20.8 Å². The highest BCUT2D eigenvalue weighted by atomic mass is 32.1. The van der Waals surface area contributed by atoms with Crippen molar-refractivity contribution in [3.05, 3.63) is 30.3 Å². The molecule has 0 aliphatic carbocycles. The molecule has 1 unspecified atom stereocenters. The van der Waals surface area contributed by atoms with Crippen molar-refractivity contribution in [2.45, 2.75) is 26.8 Å². The molecule has 2 nitrogen and oxygen atoms in total. The quantitative estimate of drug-likeness (QED) is 0.769. The van der Waals surface area contributed by atoms with Gasteiger partial charge < -0.3 is 10.6 Å². The molecule has 0 aromatic heterocycles. The maximum absolute atomic E-state index is 5.21. The van der Waals surface area contributed by atoms with Crippen LogP contribution in [-0.2, 0) is 0 Å². The summed E-state index contributed by atoms with van der Waals surface area (Å²) < 4.78 is 0. The molecule has 0 radical (unpaired) electrons. The van der Waals surface area contributed by atoms with E-state index in [0.29, 0.717) is 17.1 Å². The van der Waals surface area contributed by atoms with Crippen LogP contribution < -0.4 is 10.6 Å². The summed E-state index contributed by atoms with van der Waals surface area (Å²) in [5.74, 6) is 0.570. The van der Waals surface area contributed by atoms with Crippen molar-refractivity contribution < 1.29 is 0 Å². The Morgan fingerprint density at radius 2 is 1.73 bits per heavy atom. The molecule has 0 bridgehead atoms. The molecule has 0 heterocycles. The minimum absolute atomic E-state index is 0.383. The van der Waals surface area contributed by atoms with E-state index in [4.69, 9.17) is 12.2 Å². The Bertz CT molecular complexity index is 309. The van der Waals surface area contributed by atoms with Crippen molar-refractivity contribution >= 4 is 23.0 Å². The van der Waals surface area contributed by atoms with Gasteiger partial charge in [0.15, 0.2) is 5.11 Å². The van der Waals surface area contributed by atoms with E-state index in [1.54, 1.807) is 0 Å². The molecule has 0 aliphatic heterocycles. The van der Waals surface area contributed by atoms with Crippen LogP contribution in [0, 0.1) is 5.92 Å². The van der Waals surface area contributed by atoms with Crippen LogP contribution in [0.5, 0.6) is 0 Å². The fourth-order valence-corrected chi connectivity index (χ4v) is 1.37. The minimum Gasteiger partial charge on any atom is -0.360 e. The third-order valence-corrected chi connectivity index (χ3v) is 2.61. The number of anilines is 1. The molecule has 82 valence electrons. The zero-order valence-electron chi connectivity index (χ0n) is 9.45. The Balaban J connectivity index is 2.43. The van der Waals surface area contributed by atoms with Crippen molar-refractivity contribution in [2.75, 3.05) is 5.32 Å². The lowest BCUT2D eigenvalue weighted by Crippen LogP contribution is -2.38. The van der Waals surface area contributed by atoms with E-state index in [-0.39, 0.29) is 0 Å². The van der Waals surface area contributed by atoms with Crippen molar-refractivity contribution in [1.82, 2.24) is 5.32 Å². The highest BCUT2D eigenvalue weighted by Gasteiger charge is 2.07. The monoisotopic (exact) mass is 222 g/mol. The Morgan fingerprint density at radius 3 is 2.27 bits per heavy atom. The van der Waals surface area contributed by atoms with E-state index >= 15 is 0 Å². The predicted molar refractivity (Wildman–Crippen MR) is 70.1 cm³/mol. The topological polar surface area (TPSA) is 24.1 Å². The fourth-order valence-electron chi connectivity index (χ4n) is 1.06. The average Bonchev–Trinajstić information content (AvgIpc) is 2.18. The number of hydrogen-bond acceptors (Lipinski definition) is 1. The summed E-state index contributed by atoms with van der Waals surface area (Å²) in [4.78, 5) is 0. The van der Waals surface area contributed by atoms with E-state index < -0.39 is 0 Å². The second kappa shape index (κ2) is 5.71. The van der Waals surface area contributed by atoms with Gasteiger partial charge in [0.05, 0.1) is 0 Å². The van der Waals surface area contributed by atoms with Gasteiger partial charge in [0.25, 0.3) is 0 Å². The Labute approximate surface area is 97.1 Å². The smallest absolute Gasteiger partial charge is 0.170 e. The largest absolute Gasteiger partial charge is 0.360 e. The lowest BCUT2D eigenvalue weighted by atomic mass is 10.1. The number of nitrogens with one attached hydrogen (secondary N) is 2. The lowest BCUT2D eigenvalue weighted by Gasteiger charge is -2.19. The molecule has 0 saturated carbocycles. The molecule has 0 spiro atoms. The van der Waals surface area contributed by atoms with Crippen molar-refractivity contribution in [3.8, 4) is 0 Å². The highest BCUT2D eigenvalue weighted by Crippen LogP contribution is 2.05. The van der Waals surface area contributed by atoms with Gasteiger partial charge in [0.2, 0.25) is 0 Å². The van der Waals surface area contributed by atoms with Gasteiger partial charge in [-0.3, -0.25) is 0 Å². The molecule has 1 rings (SSSR count). The van der Waals surface area contributed by atoms with Gasteiger partial charge in [0.1, 0.15) is 0 Å². The van der Waals surface area contributed by atoms with Gasteiger partial charge in [-0.2, -0.15) is 0 Å². The summed E-state index contributed by atoms with van der Waals surface area (Å²) >= 11 is 5.21. The summed E-state index contributed by atoms with van der Waals surface area (Å²) in [6, 6.07) is 10.3. The molecule has 1 aromatic rings. The van der Waals surface area contributed by atoms with Crippen LogP contribution in [0.25, 0.3) is 0 Å². The normalized spacial score (nSPS) is 12.3. The lowest BCUT2D eigenvalue weighted by molar-refractivity contribution is 0.489. The van der Waals surface area contributed by atoms with Gasteiger partial charge in [-0.15, -0.1) is 0 Å². The van der Waals surface area contributed by atoms with Crippen molar-refractivity contribution in [2.24, 2.45) is 5.92 Å². The molecule has 1 aromatic carbocycles.